The first-order chi connectivity index (χ1) is 11.6. The van der Waals surface area contributed by atoms with Crippen molar-refractivity contribution in [1.82, 2.24) is 20.9 Å². The number of nitrogens with one attached hydrogen (secondary N) is 3. The zero-order valence-electron chi connectivity index (χ0n) is 15.3. The number of rotatable bonds is 7. The highest BCUT2D eigenvalue weighted by Gasteiger charge is 2.27. The normalized spacial score (nSPS) is 23.9. The summed E-state index contributed by atoms with van der Waals surface area (Å²) in [4.78, 5) is 28.8. The van der Waals surface area contributed by atoms with Gasteiger partial charge in [0, 0.05) is 12.6 Å². The molecule has 1 aliphatic heterocycles. The van der Waals surface area contributed by atoms with Gasteiger partial charge >= 0.3 is 6.03 Å². The minimum atomic E-state index is -0.317. The summed E-state index contributed by atoms with van der Waals surface area (Å²) in [6.07, 6.45) is 7.55. The highest BCUT2D eigenvalue weighted by Crippen LogP contribution is 2.27. The van der Waals surface area contributed by atoms with Gasteiger partial charge in [0.1, 0.15) is 0 Å². The number of urea groups is 1. The molecule has 1 heterocycles. The highest BCUT2D eigenvalue weighted by atomic mass is 127. The van der Waals surface area contributed by atoms with E-state index in [0.717, 1.165) is 18.4 Å². The monoisotopic (exact) mass is 465 g/mol. The Morgan fingerprint density at radius 2 is 1.96 bits per heavy atom. The molecule has 0 aromatic rings. The molecule has 0 atom stereocenters. The van der Waals surface area contributed by atoms with Crippen molar-refractivity contribution in [3.63, 3.8) is 0 Å². The van der Waals surface area contributed by atoms with Gasteiger partial charge in [0.05, 0.1) is 19.6 Å². The number of hydrogen-bond donors (Lipinski definition) is 3. The van der Waals surface area contributed by atoms with E-state index in [0.29, 0.717) is 19.1 Å². The van der Waals surface area contributed by atoms with E-state index in [4.69, 9.17) is 0 Å². The van der Waals surface area contributed by atoms with Crippen LogP contribution in [-0.4, -0.2) is 55.0 Å². The molecule has 2 fully saturated rings. The molecule has 0 bridgehead atoms. The average Bonchev–Trinajstić information content (AvgIpc) is 2.89. The third kappa shape index (κ3) is 6.99. The summed E-state index contributed by atoms with van der Waals surface area (Å²) in [5.74, 6) is 1.48. The minimum Gasteiger partial charge on any atom is -0.357 e. The van der Waals surface area contributed by atoms with Crippen LogP contribution in [-0.2, 0) is 4.79 Å². The van der Waals surface area contributed by atoms with Crippen LogP contribution in [0.3, 0.4) is 0 Å². The zero-order chi connectivity index (χ0) is 17.4. The average molecular weight is 465 g/mol. The molecule has 0 spiro atoms. The van der Waals surface area contributed by atoms with Crippen LogP contribution in [0.4, 0.5) is 4.79 Å². The quantitative estimate of drug-likeness (QED) is 0.233. The smallest absolute Gasteiger partial charge is 0.324 e. The second-order valence-electron chi connectivity index (χ2n) is 6.62. The van der Waals surface area contributed by atoms with Crippen LogP contribution in [0.2, 0.25) is 0 Å². The summed E-state index contributed by atoms with van der Waals surface area (Å²) in [5, 5.41) is 9.27. The Morgan fingerprint density at radius 3 is 2.52 bits per heavy atom. The van der Waals surface area contributed by atoms with Gasteiger partial charge < -0.3 is 16.0 Å². The van der Waals surface area contributed by atoms with E-state index in [9.17, 15) is 9.59 Å². The Morgan fingerprint density at radius 1 is 1.24 bits per heavy atom. The van der Waals surface area contributed by atoms with Gasteiger partial charge in [-0.1, -0.05) is 19.8 Å². The van der Waals surface area contributed by atoms with Crippen LogP contribution >= 0.6 is 24.0 Å². The van der Waals surface area contributed by atoms with Crippen molar-refractivity contribution in [3.8, 4) is 0 Å². The molecule has 1 saturated carbocycles. The van der Waals surface area contributed by atoms with Crippen LogP contribution in [0.15, 0.2) is 4.99 Å². The lowest BCUT2D eigenvalue weighted by atomic mass is 9.83. The summed E-state index contributed by atoms with van der Waals surface area (Å²) >= 11 is 0. The Bertz CT molecular complexity index is 448. The third-order valence-electron chi connectivity index (χ3n) is 4.76. The number of halogens is 1. The molecule has 0 aromatic heterocycles. The number of nitrogens with zero attached hydrogens (tertiary/aromatic N) is 2. The largest absolute Gasteiger partial charge is 0.357 e. The molecule has 0 aromatic carbocycles. The molecule has 7 nitrogen and oxygen atoms in total. The summed E-state index contributed by atoms with van der Waals surface area (Å²) < 4.78 is 0. The van der Waals surface area contributed by atoms with Gasteiger partial charge in [-0.25, -0.2) is 4.79 Å². The fraction of sp³-hybridized carbons (Fsp3) is 0.824. The van der Waals surface area contributed by atoms with Crippen LogP contribution in [0.5, 0.6) is 0 Å². The van der Waals surface area contributed by atoms with E-state index in [2.05, 4.69) is 27.9 Å². The Balaban J connectivity index is 0.00000312. The molecule has 0 unspecified atom stereocenters. The van der Waals surface area contributed by atoms with E-state index in [1.54, 1.807) is 0 Å². The van der Waals surface area contributed by atoms with Crippen molar-refractivity contribution in [2.45, 2.75) is 58.4 Å². The van der Waals surface area contributed by atoms with Gasteiger partial charge in [0.2, 0.25) is 5.91 Å². The minimum absolute atomic E-state index is 0. The SMILES string of the molecule is CCCC1CCC(NC(=NCCN2C(=O)CNC2=O)NCC)CC1.I. The fourth-order valence-corrected chi connectivity index (χ4v) is 3.46. The van der Waals surface area contributed by atoms with Gasteiger partial charge in [-0.05, 0) is 38.5 Å². The Labute approximate surface area is 167 Å². The summed E-state index contributed by atoms with van der Waals surface area (Å²) in [5.41, 5.74) is 0. The lowest BCUT2D eigenvalue weighted by molar-refractivity contribution is -0.124. The number of imide groups is 1. The summed E-state index contributed by atoms with van der Waals surface area (Å²) in [6.45, 7) is 5.92. The lowest BCUT2D eigenvalue weighted by Crippen LogP contribution is -2.45. The number of carbonyl (C=O) groups excluding carboxylic acids is 2. The fourth-order valence-electron chi connectivity index (χ4n) is 3.46. The first-order valence-electron chi connectivity index (χ1n) is 9.27. The Hall–Kier alpha value is -1.06. The van der Waals surface area contributed by atoms with Gasteiger partial charge in [-0.3, -0.25) is 14.7 Å². The molecule has 3 N–H and O–H groups in total. The second kappa shape index (κ2) is 11.5. The van der Waals surface area contributed by atoms with E-state index in [-0.39, 0.29) is 42.5 Å². The van der Waals surface area contributed by atoms with Crippen LogP contribution < -0.4 is 16.0 Å². The molecule has 2 aliphatic rings. The third-order valence-corrected chi connectivity index (χ3v) is 4.76. The molecule has 3 amide bonds. The van der Waals surface area contributed by atoms with E-state index in [1.807, 2.05) is 6.92 Å². The van der Waals surface area contributed by atoms with E-state index >= 15 is 0 Å². The number of carbonyl (C=O) groups is 2. The van der Waals surface area contributed by atoms with Crippen LogP contribution in [0, 0.1) is 5.92 Å². The highest BCUT2D eigenvalue weighted by molar-refractivity contribution is 14.0. The van der Waals surface area contributed by atoms with Crippen molar-refractivity contribution in [3.05, 3.63) is 0 Å². The van der Waals surface area contributed by atoms with Gasteiger partial charge in [0.15, 0.2) is 5.96 Å². The van der Waals surface area contributed by atoms with E-state index in [1.165, 1.54) is 43.4 Å². The van der Waals surface area contributed by atoms with Crippen LogP contribution in [0.1, 0.15) is 52.4 Å². The molecule has 8 heteroatoms. The van der Waals surface area contributed by atoms with Crippen molar-refractivity contribution in [2.24, 2.45) is 10.9 Å². The molecule has 144 valence electrons. The van der Waals surface area contributed by atoms with Crippen molar-refractivity contribution in [2.75, 3.05) is 26.2 Å². The maximum atomic E-state index is 11.5. The number of aliphatic imine (C=N–C) groups is 1. The maximum absolute atomic E-state index is 11.5. The number of guanidine groups is 1. The topological polar surface area (TPSA) is 85.8 Å². The molecule has 0 radical (unpaired) electrons. The molecule has 2 rings (SSSR count). The lowest BCUT2D eigenvalue weighted by Gasteiger charge is -2.30. The number of amides is 3. The maximum Gasteiger partial charge on any atom is 0.324 e. The molecular formula is C17H32IN5O2. The molecule has 1 aliphatic carbocycles. The van der Waals surface area contributed by atoms with Gasteiger partial charge in [0.25, 0.3) is 0 Å². The summed E-state index contributed by atoms with van der Waals surface area (Å²) in [7, 11) is 0. The van der Waals surface area contributed by atoms with Crippen molar-refractivity contribution < 1.29 is 9.59 Å². The number of hydrogen-bond acceptors (Lipinski definition) is 3. The van der Waals surface area contributed by atoms with Gasteiger partial charge in [-0.2, -0.15) is 0 Å². The summed E-state index contributed by atoms with van der Waals surface area (Å²) in [6, 6.07) is 0.148. The predicted octanol–water partition coefficient (Wildman–Crippen LogP) is 2.07. The molecule has 25 heavy (non-hydrogen) atoms. The van der Waals surface area contributed by atoms with Crippen LogP contribution in [0.25, 0.3) is 0 Å². The standard InChI is InChI=1S/C17H31N5O2.HI/c1-3-5-13-6-8-14(9-7-13)21-16(18-4-2)19-10-11-22-15(23)12-20-17(22)24;/h13-14H,3-12H2,1-2H3,(H,20,24)(H2,18,19,21);1H. The first kappa shape index (κ1) is 22.0. The Kier molecular flexibility index (Phi) is 10.1. The first-order valence-corrected chi connectivity index (χ1v) is 9.27. The zero-order valence-corrected chi connectivity index (χ0v) is 17.7. The molecule has 1 saturated heterocycles. The van der Waals surface area contributed by atoms with Crippen molar-refractivity contribution in [1.29, 1.82) is 0 Å². The molecular weight excluding hydrogens is 433 g/mol. The predicted molar refractivity (Wildman–Crippen MR) is 110 cm³/mol. The van der Waals surface area contributed by atoms with E-state index < -0.39 is 0 Å². The van der Waals surface area contributed by atoms with Crippen molar-refractivity contribution >= 4 is 41.9 Å². The van der Waals surface area contributed by atoms with Gasteiger partial charge in [-0.15, -0.1) is 24.0 Å². The second-order valence-corrected chi connectivity index (χ2v) is 6.62.